The number of aliphatic hydroxyl groups excluding tert-OH is 1. The van der Waals surface area contributed by atoms with Gasteiger partial charge in [-0.3, -0.25) is 13.5 Å². The van der Waals surface area contributed by atoms with Crippen molar-refractivity contribution < 1.29 is 28.7 Å². The number of imidazole rings is 2. The van der Waals surface area contributed by atoms with Gasteiger partial charge in [-0.15, -0.1) is 0 Å². The summed E-state index contributed by atoms with van der Waals surface area (Å²) in [5, 5.41) is 10.0. The van der Waals surface area contributed by atoms with Crippen LogP contribution in [0.5, 0.6) is 0 Å². The number of phosphoric acid groups is 1. The van der Waals surface area contributed by atoms with E-state index < -0.39 is 32.9 Å². The maximum atomic E-state index is 10.8. The fourth-order valence-corrected chi connectivity index (χ4v) is 3.10. The number of aliphatic hydroxyl groups is 1. The summed E-state index contributed by atoms with van der Waals surface area (Å²) in [5.41, 5.74) is 1.79. The fourth-order valence-electron chi connectivity index (χ4n) is 2.76. The van der Waals surface area contributed by atoms with Gasteiger partial charge in [-0.1, -0.05) is 0 Å². The molecule has 0 saturated carbocycles. The largest absolute Gasteiger partial charge is 0.469 e. The maximum Gasteiger partial charge on any atom is 0.469 e. The van der Waals surface area contributed by atoms with Gasteiger partial charge in [0.2, 0.25) is 0 Å². The first-order valence-corrected chi connectivity index (χ1v) is 8.63. The normalized spacial score (nSPS) is 24.0. The molecule has 1 aliphatic rings. The molecule has 0 spiro atoms. The van der Waals surface area contributed by atoms with Crippen molar-refractivity contribution in [2.75, 3.05) is 6.61 Å². The SMILES string of the molecule is O=P(O)(O)OCC1OC(n2cnc3c2ncn2ccnc32)CC1O.[Na]. The summed E-state index contributed by atoms with van der Waals surface area (Å²) < 4.78 is 24.2. The molecule has 4 rings (SSSR count). The summed E-state index contributed by atoms with van der Waals surface area (Å²) in [6.07, 6.45) is 4.41. The molecule has 0 aromatic carbocycles. The van der Waals surface area contributed by atoms with Crippen LogP contribution in [0.25, 0.3) is 16.8 Å². The molecule has 3 aromatic heterocycles. The van der Waals surface area contributed by atoms with Gasteiger partial charge in [-0.2, -0.15) is 0 Å². The second-order valence-electron chi connectivity index (χ2n) is 5.45. The first-order valence-electron chi connectivity index (χ1n) is 7.10. The second kappa shape index (κ2) is 7.03. The Balaban J connectivity index is 0.00000182. The molecule has 1 radical (unpaired) electrons. The van der Waals surface area contributed by atoms with Crippen molar-refractivity contribution in [3.05, 3.63) is 25.0 Å². The average Bonchev–Trinajstić information content (AvgIpc) is 3.20. The number of hydrogen-bond donors (Lipinski definition) is 3. The Hall–Kier alpha value is -0.880. The van der Waals surface area contributed by atoms with Crippen LogP contribution in [-0.4, -0.2) is 87.2 Å². The standard InChI is InChI=1S/C12H14N5O6P.Na/c18-7-3-9(23-8(7)4-22-24(19,20)21)17-6-14-10-11-13-1-2-16(11)5-15-12(10)17;/h1-2,5-9,18H,3-4H2,(H2,19,20,21);. The van der Waals surface area contributed by atoms with Crippen LogP contribution in [0.4, 0.5) is 0 Å². The molecule has 11 nitrogen and oxygen atoms in total. The van der Waals surface area contributed by atoms with Gasteiger partial charge in [0.15, 0.2) is 16.8 Å². The number of rotatable bonds is 4. The smallest absolute Gasteiger partial charge is 0.390 e. The predicted molar refractivity (Wildman–Crippen MR) is 84.6 cm³/mol. The van der Waals surface area contributed by atoms with Crippen LogP contribution in [0.3, 0.4) is 0 Å². The number of phosphoric ester groups is 1. The quantitative estimate of drug-likeness (QED) is 0.402. The van der Waals surface area contributed by atoms with Gasteiger partial charge in [0.05, 0.1) is 19.0 Å². The first kappa shape index (κ1) is 18.9. The molecule has 0 amide bonds. The summed E-state index contributed by atoms with van der Waals surface area (Å²) in [4.78, 5) is 30.4. The third-order valence-corrected chi connectivity index (χ3v) is 4.36. The zero-order valence-corrected chi connectivity index (χ0v) is 16.1. The van der Waals surface area contributed by atoms with Crippen LogP contribution >= 0.6 is 7.82 Å². The molecule has 1 fully saturated rings. The molecule has 25 heavy (non-hydrogen) atoms. The molecule has 1 saturated heterocycles. The molecule has 129 valence electrons. The van der Waals surface area contributed by atoms with E-state index in [4.69, 9.17) is 14.5 Å². The minimum atomic E-state index is -4.62. The van der Waals surface area contributed by atoms with E-state index in [1.54, 1.807) is 27.7 Å². The minimum absolute atomic E-state index is 0. The van der Waals surface area contributed by atoms with Gasteiger partial charge in [-0.05, 0) is 0 Å². The molecule has 4 heterocycles. The third kappa shape index (κ3) is 3.65. The maximum absolute atomic E-state index is 10.8. The minimum Gasteiger partial charge on any atom is -0.390 e. The van der Waals surface area contributed by atoms with Crippen LogP contribution in [0.15, 0.2) is 25.0 Å². The summed E-state index contributed by atoms with van der Waals surface area (Å²) in [6.45, 7) is -0.410. The monoisotopic (exact) mass is 378 g/mol. The topological polar surface area (TPSA) is 144 Å². The summed E-state index contributed by atoms with van der Waals surface area (Å²) in [6, 6.07) is 0. The Kier molecular flexibility index (Phi) is 5.31. The van der Waals surface area contributed by atoms with E-state index in [1.807, 2.05) is 0 Å². The van der Waals surface area contributed by atoms with Crippen molar-refractivity contribution in [3.63, 3.8) is 0 Å². The van der Waals surface area contributed by atoms with Crippen molar-refractivity contribution in [3.8, 4) is 0 Å². The van der Waals surface area contributed by atoms with Gasteiger partial charge >= 0.3 is 7.82 Å². The molecular weight excluding hydrogens is 364 g/mol. The number of nitrogens with zero attached hydrogens (tertiary/aromatic N) is 5. The molecule has 1 aliphatic heterocycles. The van der Waals surface area contributed by atoms with E-state index in [9.17, 15) is 9.67 Å². The number of fused-ring (bicyclic) bond motifs is 3. The molecule has 3 atom stereocenters. The molecule has 0 aliphatic carbocycles. The zero-order chi connectivity index (χ0) is 16.9. The van der Waals surface area contributed by atoms with E-state index in [1.165, 1.54) is 6.33 Å². The molecule has 0 bridgehead atoms. The Morgan fingerprint density at radius 1 is 1.28 bits per heavy atom. The van der Waals surface area contributed by atoms with Crippen molar-refractivity contribution in [2.24, 2.45) is 0 Å². The van der Waals surface area contributed by atoms with Crippen LogP contribution in [0, 0.1) is 0 Å². The Morgan fingerprint density at radius 3 is 2.84 bits per heavy atom. The fraction of sp³-hybridized carbons (Fsp3) is 0.417. The van der Waals surface area contributed by atoms with Crippen LogP contribution < -0.4 is 0 Å². The number of ether oxygens (including phenoxy) is 1. The van der Waals surface area contributed by atoms with Crippen molar-refractivity contribution >= 4 is 54.2 Å². The van der Waals surface area contributed by atoms with E-state index in [0.29, 0.717) is 16.8 Å². The third-order valence-electron chi connectivity index (χ3n) is 3.87. The van der Waals surface area contributed by atoms with Crippen molar-refractivity contribution in [1.29, 1.82) is 0 Å². The van der Waals surface area contributed by atoms with Crippen LogP contribution in [-0.2, 0) is 13.8 Å². The van der Waals surface area contributed by atoms with E-state index >= 15 is 0 Å². The summed E-state index contributed by atoms with van der Waals surface area (Å²) in [7, 11) is -4.62. The molecule has 3 N–H and O–H groups in total. The Labute approximate surface area is 163 Å². The number of aromatic nitrogens is 5. The second-order valence-corrected chi connectivity index (χ2v) is 6.68. The first-order chi connectivity index (χ1) is 11.4. The zero-order valence-electron chi connectivity index (χ0n) is 13.2. The number of hydrogen-bond acceptors (Lipinski definition) is 7. The van der Waals surface area contributed by atoms with Crippen LogP contribution in [0.1, 0.15) is 12.6 Å². The van der Waals surface area contributed by atoms with Gasteiger partial charge in [-0.25, -0.2) is 19.5 Å². The van der Waals surface area contributed by atoms with Gasteiger partial charge in [0, 0.05) is 48.4 Å². The van der Waals surface area contributed by atoms with E-state index in [0.717, 1.165) is 0 Å². The average molecular weight is 378 g/mol. The van der Waals surface area contributed by atoms with Gasteiger partial charge in [0.1, 0.15) is 18.7 Å². The van der Waals surface area contributed by atoms with Crippen molar-refractivity contribution in [1.82, 2.24) is 23.9 Å². The van der Waals surface area contributed by atoms with Crippen LogP contribution in [0.2, 0.25) is 0 Å². The summed E-state index contributed by atoms with van der Waals surface area (Å²) in [5.74, 6) is 0. The van der Waals surface area contributed by atoms with Gasteiger partial charge < -0.3 is 19.6 Å². The Morgan fingerprint density at radius 2 is 2.08 bits per heavy atom. The Bertz CT molecular complexity index is 941. The predicted octanol–water partition coefficient (Wildman–Crippen LogP) is -0.544. The molecular formula is C12H14N5NaO6P. The molecule has 13 heteroatoms. The molecule has 3 aromatic rings. The molecule has 3 unspecified atom stereocenters. The van der Waals surface area contributed by atoms with E-state index in [-0.39, 0.29) is 36.0 Å². The van der Waals surface area contributed by atoms with Gasteiger partial charge in [0.25, 0.3) is 0 Å². The van der Waals surface area contributed by atoms with E-state index in [2.05, 4.69) is 19.5 Å². The summed E-state index contributed by atoms with van der Waals surface area (Å²) >= 11 is 0. The van der Waals surface area contributed by atoms with Crippen molar-refractivity contribution in [2.45, 2.75) is 24.9 Å².